The van der Waals surface area contributed by atoms with E-state index in [9.17, 15) is 18.0 Å². The van der Waals surface area contributed by atoms with Crippen LogP contribution < -0.4 is 9.47 Å². The monoisotopic (exact) mass is 373 g/mol. The lowest BCUT2D eigenvalue weighted by molar-refractivity contribution is -0.153. The largest absolute Gasteiger partial charge is 0.493 e. The van der Waals surface area contributed by atoms with Crippen molar-refractivity contribution in [3.63, 3.8) is 0 Å². The van der Waals surface area contributed by atoms with Gasteiger partial charge in [0.15, 0.2) is 18.1 Å². The van der Waals surface area contributed by atoms with Crippen LogP contribution in [0.25, 0.3) is 0 Å². The van der Waals surface area contributed by atoms with Gasteiger partial charge in [0.2, 0.25) is 5.91 Å². The molecule has 0 atom stereocenters. The molecule has 1 aromatic carbocycles. The minimum Gasteiger partial charge on any atom is -0.493 e. The van der Waals surface area contributed by atoms with Crippen molar-refractivity contribution in [2.75, 3.05) is 26.8 Å². The summed E-state index contributed by atoms with van der Waals surface area (Å²) in [6, 6.07) is 4.77. The molecule has 26 heavy (non-hydrogen) atoms. The van der Waals surface area contributed by atoms with Crippen molar-refractivity contribution in [2.45, 2.75) is 51.1 Å². The summed E-state index contributed by atoms with van der Waals surface area (Å²) in [5.41, 5.74) is 0.835. The van der Waals surface area contributed by atoms with Gasteiger partial charge in [-0.15, -0.1) is 0 Å². The van der Waals surface area contributed by atoms with Gasteiger partial charge in [0.25, 0.3) is 0 Å². The minimum absolute atomic E-state index is 0.0451. The van der Waals surface area contributed by atoms with Gasteiger partial charge in [-0.1, -0.05) is 25.3 Å². The molecule has 1 fully saturated rings. The van der Waals surface area contributed by atoms with Crippen molar-refractivity contribution < 1.29 is 27.4 Å². The average molecular weight is 373 g/mol. The lowest BCUT2D eigenvalue weighted by atomic mass is 10.1. The van der Waals surface area contributed by atoms with E-state index in [1.54, 1.807) is 12.1 Å². The SMILES string of the molecule is COc1cc(CCC(=O)N2CCCCCCC2)ccc1OCC(F)(F)F. The molecule has 0 saturated carbocycles. The van der Waals surface area contributed by atoms with Gasteiger partial charge in [-0.05, 0) is 37.0 Å². The van der Waals surface area contributed by atoms with Crippen LogP contribution in [0.2, 0.25) is 0 Å². The summed E-state index contributed by atoms with van der Waals surface area (Å²) in [6.07, 6.45) is 2.17. The number of hydrogen-bond donors (Lipinski definition) is 0. The maximum Gasteiger partial charge on any atom is 0.422 e. The molecular formula is C19H26F3NO3. The first kappa shape index (κ1) is 20.4. The molecule has 1 saturated heterocycles. The quantitative estimate of drug-likeness (QED) is 0.744. The van der Waals surface area contributed by atoms with Gasteiger partial charge in [-0.2, -0.15) is 13.2 Å². The summed E-state index contributed by atoms with van der Waals surface area (Å²) < 4.78 is 46.8. The van der Waals surface area contributed by atoms with Gasteiger partial charge >= 0.3 is 6.18 Å². The van der Waals surface area contributed by atoms with Gasteiger partial charge in [-0.3, -0.25) is 4.79 Å². The Morgan fingerprint density at radius 2 is 1.73 bits per heavy atom. The number of amides is 1. The number of likely N-dealkylation sites (tertiary alicyclic amines) is 1. The second-order valence-corrected chi connectivity index (χ2v) is 6.54. The molecule has 0 spiro atoms. The van der Waals surface area contributed by atoms with Gasteiger partial charge in [0.05, 0.1) is 7.11 Å². The number of benzene rings is 1. The minimum atomic E-state index is -4.40. The highest BCUT2D eigenvalue weighted by atomic mass is 19.4. The van der Waals surface area contributed by atoms with Gasteiger partial charge in [-0.25, -0.2) is 0 Å². The average Bonchev–Trinajstić information content (AvgIpc) is 2.57. The van der Waals surface area contributed by atoms with Gasteiger partial charge in [0.1, 0.15) is 0 Å². The third-order valence-corrected chi connectivity index (χ3v) is 4.46. The topological polar surface area (TPSA) is 38.8 Å². The Morgan fingerprint density at radius 1 is 1.08 bits per heavy atom. The fourth-order valence-corrected chi connectivity index (χ4v) is 3.05. The molecule has 7 heteroatoms. The van der Waals surface area contributed by atoms with Crippen molar-refractivity contribution in [1.82, 2.24) is 4.90 Å². The van der Waals surface area contributed by atoms with Crippen LogP contribution in [0, 0.1) is 0 Å². The summed E-state index contributed by atoms with van der Waals surface area (Å²) in [7, 11) is 1.38. The molecule has 1 amide bonds. The number of alkyl halides is 3. The lowest BCUT2D eigenvalue weighted by Gasteiger charge is -2.25. The van der Waals surface area contributed by atoms with E-state index in [1.165, 1.54) is 32.4 Å². The molecule has 0 N–H and O–H groups in total. The van der Waals surface area contributed by atoms with E-state index in [4.69, 9.17) is 9.47 Å². The Bertz CT molecular complexity index is 582. The normalized spacial score (nSPS) is 15.9. The smallest absolute Gasteiger partial charge is 0.422 e. The zero-order chi connectivity index (χ0) is 19.0. The molecule has 0 bridgehead atoms. The molecule has 1 aromatic rings. The number of carbonyl (C=O) groups excluding carboxylic acids is 1. The standard InChI is InChI=1S/C19H26F3NO3/c1-25-17-13-15(7-9-16(17)26-14-19(20,21)22)8-10-18(24)23-11-5-3-2-4-6-12-23/h7,9,13H,2-6,8,10-12,14H2,1H3. The second kappa shape index (κ2) is 9.69. The predicted molar refractivity (Wildman–Crippen MR) is 92.5 cm³/mol. The Hall–Kier alpha value is -1.92. The van der Waals surface area contributed by atoms with E-state index in [-0.39, 0.29) is 17.4 Å². The highest BCUT2D eigenvalue weighted by Crippen LogP contribution is 2.30. The fraction of sp³-hybridized carbons (Fsp3) is 0.632. The van der Waals surface area contributed by atoms with E-state index in [0.29, 0.717) is 12.8 Å². The Labute approximate surface area is 152 Å². The van der Waals surface area contributed by atoms with Crippen molar-refractivity contribution >= 4 is 5.91 Å². The number of aryl methyl sites for hydroxylation is 1. The molecule has 1 aliphatic rings. The van der Waals surface area contributed by atoms with Crippen molar-refractivity contribution in [3.05, 3.63) is 23.8 Å². The predicted octanol–water partition coefficient (Wildman–Crippen LogP) is 4.36. The number of ether oxygens (including phenoxy) is 2. The molecule has 146 valence electrons. The van der Waals surface area contributed by atoms with Crippen LogP contribution in [0.1, 0.15) is 44.1 Å². The van der Waals surface area contributed by atoms with Crippen LogP contribution in [0.4, 0.5) is 13.2 Å². The summed E-state index contributed by atoms with van der Waals surface area (Å²) in [5.74, 6) is 0.414. The Morgan fingerprint density at radius 3 is 2.35 bits per heavy atom. The lowest BCUT2D eigenvalue weighted by Crippen LogP contribution is -2.33. The first-order chi connectivity index (χ1) is 12.4. The molecule has 0 aliphatic carbocycles. The van der Waals surface area contributed by atoms with E-state index in [2.05, 4.69) is 0 Å². The van der Waals surface area contributed by atoms with Crippen LogP contribution in [0.5, 0.6) is 11.5 Å². The molecule has 0 radical (unpaired) electrons. The van der Waals surface area contributed by atoms with Crippen molar-refractivity contribution in [1.29, 1.82) is 0 Å². The molecule has 2 rings (SSSR count). The van der Waals surface area contributed by atoms with Crippen LogP contribution in [-0.2, 0) is 11.2 Å². The summed E-state index contributed by atoms with van der Waals surface area (Å²) in [6.45, 7) is 0.259. The van der Waals surface area contributed by atoms with Crippen LogP contribution >= 0.6 is 0 Å². The maximum atomic E-state index is 12.4. The summed E-state index contributed by atoms with van der Waals surface area (Å²) in [4.78, 5) is 14.3. The number of methoxy groups -OCH3 is 1. The van der Waals surface area contributed by atoms with E-state index >= 15 is 0 Å². The Kier molecular flexibility index (Phi) is 7.60. The first-order valence-electron chi connectivity index (χ1n) is 9.03. The number of rotatable bonds is 6. The first-order valence-corrected chi connectivity index (χ1v) is 9.03. The molecule has 4 nitrogen and oxygen atoms in total. The van der Waals surface area contributed by atoms with E-state index in [1.807, 2.05) is 4.90 Å². The molecular weight excluding hydrogens is 347 g/mol. The number of carbonyl (C=O) groups is 1. The molecule has 1 heterocycles. The van der Waals surface area contributed by atoms with Gasteiger partial charge < -0.3 is 14.4 Å². The molecule has 0 unspecified atom stereocenters. The number of hydrogen-bond acceptors (Lipinski definition) is 3. The maximum absolute atomic E-state index is 12.4. The van der Waals surface area contributed by atoms with E-state index in [0.717, 1.165) is 31.5 Å². The molecule has 0 aromatic heterocycles. The third-order valence-electron chi connectivity index (χ3n) is 4.46. The summed E-state index contributed by atoms with van der Waals surface area (Å²) >= 11 is 0. The van der Waals surface area contributed by atoms with Crippen molar-refractivity contribution in [3.8, 4) is 11.5 Å². The second-order valence-electron chi connectivity index (χ2n) is 6.54. The van der Waals surface area contributed by atoms with Gasteiger partial charge in [0, 0.05) is 19.5 Å². The fourth-order valence-electron chi connectivity index (χ4n) is 3.05. The molecule has 1 aliphatic heterocycles. The number of halogens is 3. The van der Waals surface area contributed by atoms with E-state index < -0.39 is 12.8 Å². The van der Waals surface area contributed by atoms with Crippen molar-refractivity contribution in [2.24, 2.45) is 0 Å². The highest BCUT2D eigenvalue weighted by Gasteiger charge is 2.29. The number of nitrogens with zero attached hydrogens (tertiary/aromatic N) is 1. The third kappa shape index (κ3) is 6.77. The zero-order valence-electron chi connectivity index (χ0n) is 15.1. The van der Waals surface area contributed by atoms with Crippen LogP contribution in [0.15, 0.2) is 18.2 Å². The zero-order valence-corrected chi connectivity index (χ0v) is 15.1. The highest BCUT2D eigenvalue weighted by molar-refractivity contribution is 5.76. The van der Waals surface area contributed by atoms with Crippen LogP contribution in [0.3, 0.4) is 0 Å². The summed E-state index contributed by atoms with van der Waals surface area (Å²) in [5, 5.41) is 0. The van der Waals surface area contributed by atoms with Crippen LogP contribution in [-0.4, -0.2) is 43.8 Å². The Balaban J connectivity index is 1.91.